The monoisotopic (exact) mass is 338 g/mol. The predicted molar refractivity (Wildman–Crippen MR) is 96.5 cm³/mol. The number of benzene rings is 2. The Morgan fingerprint density at radius 2 is 1.72 bits per heavy atom. The van der Waals surface area contributed by atoms with Crippen LogP contribution >= 0.6 is 0 Å². The number of hydrogen-bond donors (Lipinski definition) is 2. The van der Waals surface area contributed by atoms with E-state index in [1.807, 2.05) is 18.2 Å². The first-order valence-corrected chi connectivity index (χ1v) is 8.44. The van der Waals surface area contributed by atoms with E-state index in [0.717, 1.165) is 12.8 Å². The summed E-state index contributed by atoms with van der Waals surface area (Å²) in [7, 11) is 1.69. The summed E-state index contributed by atoms with van der Waals surface area (Å²) >= 11 is 0. The zero-order valence-electron chi connectivity index (χ0n) is 14.2. The van der Waals surface area contributed by atoms with Crippen molar-refractivity contribution in [2.24, 2.45) is 5.92 Å². The molecule has 1 saturated carbocycles. The first kappa shape index (κ1) is 17.2. The van der Waals surface area contributed by atoms with E-state index in [1.165, 1.54) is 0 Å². The average molecular weight is 338 g/mol. The van der Waals surface area contributed by atoms with Crippen LogP contribution in [0, 0.1) is 5.92 Å². The van der Waals surface area contributed by atoms with E-state index in [-0.39, 0.29) is 11.8 Å². The third kappa shape index (κ3) is 4.45. The Morgan fingerprint density at radius 1 is 1.08 bits per heavy atom. The van der Waals surface area contributed by atoms with Crippen molar-refractivity contribution < 1.29 is 14.7 Å². The van der Waals surface area contributed by atoms with Gasteiger partial charge in [-0.05, 0) is 55.2 Å². The molecular formula is C20H22N2O3. The van der Waals surface area contributed by atoms with E-state index in [9.17, 15) is 14.7 Å². The minimum Gasteiger partial charge on any atom is -0.391 e. The lowest BCUT2D eigenvalue weighted by molar-refractivity contribution is 0.0645. The number of carbonyl (C=O) groups is 2. The molecule has 1 aliphatic carbocycles. The van der Waals surface area contributed by atoms with E-state index in [2.05, 4.69) is 5.32 Å². The summed E-state index contributed by atoms with van der Waals surface area (Å²) in [5.74, 6) is 0.0100. The molecule has 3 rings (SSSR count). The highest BCUT2D eigenvalue weighted by atomic mass is 16.3. The van der Waals surface area contributed by atoms with Crippen LogP contribution in [-0.2, 0) is 0 Å². The van der Waals surface area contributed by atoms with Crippen LogP contribution in [0.15, 0.2) is 54.6 Å². The molecule has 1 fully saturated rings. The minimum atomic E-state index is -0.446. The fourth-order valence-corrected chi connectivity index (χ4v) is 2.70. The van der Waals surface area contributed by atoms with Crippen LogP contribution in [0.2, 0.25) is 0 Å². The smallest absolute Gasteiger partial charge is 0.255 e. The molecule has 130 valence electrons. The molecule has 2 aromatic carbocycles. The van der Waals surface area contributed by atoms with Crippen LogP contribution in [0.5, 0.6) is 0 Å². The normalized spacial score (nSPS) is 14.6. The summed E-state index contributed by atoms with van der Waals surface area (Å²) in [6, 6.07) is 15.7. The lowest BCUT2D eigenvalue weighted by atomic mass is 10.1. The molecule has 0 bridgehead atoms. The van der Waals surface area contributed by atoms with E-state index in [1.54, 1.807) is 48.3 Å². The Balaban J connectivity index is 1.59. The highest BCUT2D eigenvalue weighted by Gasteiger charge is 2.31. The number of likely N-dealkylation sites (N-methyl/N-ethyl adjacent to an activating group) is 1. The lowest BCUT2D eigenvalue weighted by Gasteiger charge is -2.21. The van der Waals surface area contributed by atoms with Gasteiger partial charge in [-0.25, -0.2) is 0 Å². The molecule has 5 heteroatoms. The second-order valence-corrected chi connectivity index (χ2v) is 6.49. The van der Waals surface area contributed by atoms with Crippen molar-refractivity contribution >= 4 is 17.5 Å². The second kappa shape index (κ2) is 7.49. The summed E-state index contributed by atoms with van der Waals surface area (Å²) in [5, 5.41) is 12.8. The van der Waals surface area contributed by atoms with Gasteiger partial charge in [-0.1, -0.05) is 18.2 Å². The molecule has 0 aromatic heterocycles. The molecule has 0 spiro atoms. The van der Waals surface area contributed by atoms with Gasteiger partial charge in [-0.3, -0.25) is 9.59 Å². The van der Waals surface area contributed by atoms with Gasteiger partial charge in [-0.2, -0.15) is 0 Å². The molecule has 5 nitrogen and oxygen atoms in total. The quantitative estimate of drug-likeness (QED) is 0.851. The SMILES string of the molecule is CN(CC(O)C1CC1)C(=O)c1ccc(NC(=O)c2ccccc2)cc1. The Labute approximate surface area is 147 Å². The molecule has 0 radical (unpaired) electrons. The van der Waals surface area contributed by atoms with Gasteiger partial charge in [0.2, 0.25) is 0 Å². The van der Waals surface area contributed by atoms with Crippen molar-refractivity contribution in [1.82, 2.24) is 4.90 Å². The molecule has 1 unspecified atom stereocenters. The number of rotatable bonds is 6. The van der Waals surface area contributed by atoms with Gasteiger partial charge in [0.1, 0.15) is 0 Å². The Morgan fingerprint density at radius 3 is 2.32 bits per heavy atom. The Kier molecular flexibility index (Phi) is 5.14. The topological polar surface area (TPSA) is 69.6 Å². The summed E-state index contributed by atoms with van der Waals surface area (Å²) in [6.07, 6.45) is 1.64. The predicted octanol–water partition coefficient (Wildman–Crippen LogP) is 2.78. The molecule has 2 aromatic rings. The van der Waals surface area contributed by atoms with Gasteiger partial charge in [-0.15, -0.1) is 0 Å². The van der Waals surface area contributed by atoms with Crippen LogP contribution in [0.25, 0.3) is 0 Å². The molecule has 2 amide bonds. The molecular weight excluding hydrogens is 316 g/mol. The number of nitrogens with zero attached hydrogens (tertiary/aromatic N) is 1. The molecule has 1 atom stereocenters. The fraction of sp³-hybridized carbons (Fsp3) is 0.300. The van der Waals surface area contributed by atoms with Crippen molar-refractivity contribution in [3.63, 3.8) is 0 Å². The fourth-order valence-electron chi connectivity index (χ4n) is 2.70. The number of aliphatic hydroxyl groups is 1. The van der Waals surface area contributed by atoms with E-state index in [0.29, 0.717) is 29.3 Å². The summed E-state index contributed by atoms with van der Waals surface area (Å²) < 4.78 is 0. The molecule has 1 aliphatic rings. The highest BCUT2D eigenvalue weighted by Crippen LogP contribution is 2.32. The highest BCUT2D eigenvalue weighted by molar-refractivity contribution is 6.04. The Hall–Kier alpha value is -2.66. The largest absolute Gasteiger partial charge is 0.391 e. The van der Waals surface area contributed by atoms with Gasteiger partial charge in [0.15, 0.2) is 0 Å². The number of amides is 2. The second-order valence-electron chi connectivity index (χ2n) is 6.49. The van der Waals surface area contributed by atoms with Gasteiger partial charge in [0.05, 0.1) is 6.10 Å². The van der Waals surface area contributed by atoms with Crippen LogP contribution in [0.3, 0.4) is 0 Å². The first-order valence-electron chi connectivity index (χ1n) is 8.44. The van der Waals surface area contributed by atoms with Crippen LogP contribution < -0.4 is 5.32 Å². The molecule has 25 heavy (non-hydrogen) atoms. The zero-order valence-corrected chi connectivity index (χ0v) is 14.2. The number of aliphatic hydroxyl groups excluding tert-OH is 1. The third-order valence-corrected chi connectivity index (χ3v) is 4.40. The summed E-state index contributed by atoms with van der Waals surface area (Å²) in [6.45, 7) is 0.343. The van der Waals surface area contributed by atoms with Gasteiger partial charge in [0.25, 0.3) is 11.8 Å². The first-order chi connectivity index (χ1) is 12.0. The molecule has 0 heterocycles. The maximum atomic E-state index is 12.4. The van der Waals surface area contributed by atoms with E-state index >= 15 is 0 Å². The number of hydrogen-bond acceptors (Lipinski definition) is 3. The van der Waals surface area contributed by atoms with Crippen molar-refractivity contribution in [2.75, 3.05) is 18.9 Å². The number of anilines is 1. The molecule has 2 N–H and O–H groups in total. The molecule has 0 aliphatic heterocycles. The third-order valence-electron chi connectivity index (χ3n) is 4.40. The summed E-state index contributed by atoms with van der Waals surface area (Å²) in [5.41, 5.74) is 1.74. The summed E-state index contributed by atoms with van der Waals surface area (Å²) in [4.78, 5) is 26.1. The lowest BCUT2D eigenvalue weighted by Crippen LogP contribution is -2.35. The van der Waals surface area contributed by atoms with E-state index in [4.69, 9.17) is 0 Å². The Bertz CT molecular complexity index is 739. The van der Waals surface area contributed by atoms with Crippen LogP contribution in [0.4, 0.5) is 5.69 Å². The van der Waals surface area contributed by atoms with Crippen LogP contribution in [0.1, 0.15) is 33.6 Å². The van der Waals surface area contributed by atoms with Gasteiger partial charge >= 0.3 is 0 Å². The van der Waals surface area contributed by atoms with Crippen molar-refractivity contribution in [3.8, 4) is 0 Å². The maximum Gasteiger partial charge on any atom is 0.255 e. The van der Waals surface area contributed by atoms with Crippen molar-refractivity contribution in [1.29, 1.82) is 0 Å². The molecule has 0 saturated heterocycles. The van der Waals surface area contributed by atoms with E-state index < -0.39 is 6.10 Å². The van der Waals surface area contributed by atoms with Crippen molar-refractivity contribution in [3.05, 3.63) is 65.7 Å². The maximum absolute atomic E-state index is 12.4. The minimum absolute atomic E-state index is 0.138. The standard InChI is InChI=1S/C20H22N2O3/c1-22(13-18(23)14-7-8-14)20(25)16-9-11-17(12-10-16)21-19(24)15-5-3-2-4-6-15/h2-6,9-12,14,18,23H,7-8,13H2,1H3,(H,21,24). The van der Waals surface area contributed by atoms with Gasteiger partial charge in [0, 0.05) is 30.4 Å². The van der Waals surface area contributed by atoms with Crippen molar-refractivity contribution in [2.45, 2.75) is 18.9 Å². The van der Waals surface area contributed by atoms with Crippen LogP contribution in [-0.4, -0.2) is 41.5 Å². The zero-order chi connectivity index (χ0) is 17.8. The number of nitrogens with one attached hydrogen (secondary N) is 1. The average Bonchev–Trinajstić information content (AvgIpc) is 3.47. The number of carbonyl (C=O) groups excluding carboxylic acids is 2. The van der Waals surface area contributed by atoms with Gasteiger partial charge < -0.3 is 15.3 Å².